The van der Waals surface area contributed by atoms with E-state index in [1.54, 1.807) is 0 Å². The first kappa shape index (κ1) is 9.01. The number of aliphatic hydroxyl groups is 1. The molecule has 0 aromatic heterocycles. The third kappa shape index (κ3) is 1.94. The predicted molar refractivity (Wildman–Crippen MR) is 44.4 cm³/mol. The van der Waals surface area contributed by atoms with Crippen LogP contribution in [-0.2, 0) is 4.74 Å². The highest BCUT2D eigenvalue weighted by molar-refractivity contribution is 4.87. The second-order valence-corrected chi connectivity index (χ2v) is 4.00. The number of hydrogen-bond donors (Lipinski definition) is 1. The normalized spacial score (nSPS) is 39.5. The van der Waals surface area contributed by atoms with Crippen LogP contribution in [-0.4, -0.2) is 23.4 Å². The van der Waals surface area contributed by atoms with Crippen molar-refractivity contribution in [1.29, 1.82) is 0 Å². The fraction of sp³-hybridized carbons (Fsp3) is 1.00. The van der Waals surface area contributed by atoms with Crippen LogP contribution in [0.15, 0.2) is 0 Å². The molecule has 1 fully saturated rings. The van der Waals surface area contributed by atoms with Crippen LogP contribution >= 0.6 is 0 Å². The van der Waals surface area contributed by atoms with Crippen molar-refractivity contribution in [2.24, 2.45) is 5.92 Å². The Morgan fingerprint density at radius 1 is 1.55 bits per heavy atom. The second-order valence-electron chi connectivity index (χ2n) is 4.00. The quantitative estimate of drug-likeness (QED) is 0.627. The summed E-state index contributed by atoms with van der Waals surface area (Å²) in [7, 11) is 0. The van der Waals surface area contributed by atoms with Gasteiger partial charge in [0, 0.05) is 6.61 Å². The van der Waals surface area contributed by atoms with Gasteiger partial charge in [-0.05, 0) is 25.7 Å². The van der Waals surface area contributed by atoms with E-state index in [0.717, 1.165) is 19.4 Å². The highest BCUT2D eigenvalue weighted by Gasteiger charge is 2.37. The molecule has 2 nitrogen and oxygen atoms in total. The number of hydrogen-bond acceptors (Lipinski definition) is 2. The van der Waals surface area contributed by atoms with Gasteiger partial charge >= 0.3 is 0 Å². The predicted octanol–water partition coefficient (Wildman–Crippen LogP) is 1.57. The van der Waals surface area contributed by atoms with Gasteiger partial charge in [0.25, 0.3) is 0 Å². The molecule has 0 saturated carbocycles. The van der Waals surface area contributed by atoms with Crippen LogP contribution in [0.2, 0.25) is 0 Å². The fourth-order valence-corrected chi connectivity index (χ4v) is 1.87. The molecule has 2 heteroatoms. The molecule has 0 spiro atoms. The molecular formula is C9H18O2. The van der Waals surface area contributed by atoms with Gasteiger partial charge in [0.05, 0.1) is 11.7 Å². The van der Waals surface area contributed by atoms with Gasteiger partial charge in [0.1, 0.15) is 0 Å². The number of rotatable bonds is 1. The van der Waals surface area contributed by atoms with Gasteiger partial charge in [0.2, 0.25) is 0 Å². The standard InChI is InChI=1S/C9H18O2/c1-7(2)8-9(3,10)5-4-6-11-8/h7-8,10H,4-6H2,1-3H3. The van der Waals surface area contributed by atoms with E-state index >= 15 is 0 Å². The molecule has 1 aliphatic rings. The summed E-state index contributed by atoms with van der Waals surface area (Å²) in [6.07, 6.45) is 1.88. The van der Waals surface area contributed by atoms with E-state index in [1.165, 1.54) is 0 Å². The van der Waals surface area contributed by atoms with Crippen LogP contribution in [0, 0.1) is 5.92 Å². The zero-order valence-electron chi connectivity index (χ0n) is 7.63. The minimum Gasteiger partial charge on any atom is -0.387 e. The van der Waals surface area contributed by atoms with Crippen molar-refractivity contribution in [3.05, 3.63) is 0 Å². The van der Waals surface area contributed by atoms with Gasteiger partial charge in [-0.25, -0.2) is 0 Å². The SMILES string of the molecule is CC(C)C1OCCCC1(C)O. The third-order valence-corrected chi connectivity index (χ3v) is 2.34. The van der Waals surface area contributed by atoms with E-state index in [-0.39, 0.29) is 6.10 Å². The summed E-state index contributed by atoms with van der Waals surface area (Å²) in [6, 6.07) is 0. The van der Waals surface area contributed by atoms with Gasteiger partial charge in [-0.3, -0.25) is 0 Å². The summed E-state index contributed by atoms with van der Waals surface area (Å²) in [5, 5.41) is 9.88. The highest BCUT2D eigenvalue weighted by atomic mass is 16.5. The second kappa shape index (κ2) is 3.11. The molecular weight excluding hydrogens is 140 g/mol. The van der Waals surface area contributed by atoms with Crippen molar-refractivity contribution >= 4 is 0 Å². The zero-order chi connectivity index (χ0) is 8.48. The van der Waals surface area contributed by atoms with Crippen molar-refractivity contribution in [3.63, 3.8) is 0 Å². The van der Waals surface area contributed by atoms with E-state index in [9.17, 15) is 5.11 Å². The van der Waals surface area contributed by atoms with E-state index in [1.807, 2.05) is 6.92 Å². The Morgan fingerprint density at radius 2 is 2.18 bits per heavy atom. The average Bonchev–Trinajstić information content (AvgIpc) is 1.85. The lowest BCUT2D eigenvalue weighted by atomic mass is 9.85. The summed E-state index contributed by atoms with van der Waals surface area (Å²) in [4.78, 5) is 0. The fourth-order valence-electron chi connectivity index (χ4n) is 1.87. The third-order valence-electron chi connectivity index (χ3n) is 2.34. The van der Waals surface area contributed by atoms with E-state index in [2.05, 4.69) is 13.8 Å². The maximum absolute atomic E-state index is 9.88. The summed E-state index contributed by atoms with van der Waals surface area (Å²) in [5.41, 5.74) is -0.605. The Balaban J connectivity index is 2.60. The molecule has 1 aliphatic heterocycles. The molecule has 1 rings (SSSR count). The van der Waals surface area contributed by atoms with Crippen molar-refractivity contribution in [2.45, 2.75) is 45.3 Å². The van der Waals surface area contributed by atoms with Gasteiger partial charge in [-0.15, -0.1) is 0 Å². The first-order valence-electron chi connectivity index (χ1n) is 4.38. The Bertz CT molecular complexity index is 130. The Kier molecular flexibility index (Phi) is 2.55. The van der Waals surface area contributed by atoms with Gasteiger partial charge in [0.15, 0.2) is 0 Å². The Labute approximate surface area is 68.6 Å². The molecule has 0 amide bonds. The zero-order valence-corrected chi connectivity index (χ0v) is 7.63. The van der Waals surface area contributed by atoms with Crippen molar-refractivity contribution < 1.29 is 9.84 Å². The molecule has 1 saturated heterocycles. The molecule has 1 heterocycles. The summed E-state index contributed by atoms with van der Waals surface area (Å²) >= 11 is 0. The van der Waals surface area contributed by atoms with Crippen LogP contribution in [0.4, 0.5) is 0 Å². The lowest BCUT2D eigenvalue weighted by Crippen LogP contribution is -2.47. The van der Waals surface area contributed by atoms with Gasteiger partial charge in [-0.1, -0.05) is 13.8 Å². The van der Waals surface area contributed by atoms with Crippen molar-refractivity contribution in [3.8, 4) is 0 Å². The maximum Gasteiger partial charge on any atom is 0.0883 e. The molecule has 0 aromatic rings. The molecule has 0 aromatic carbocycles. The first-order chi connectivity index (χ1) is 5.04. The Hall–Kier alpha value is -0.0800. The summed E-state index contributed by atoms with van der Waals surface area (Å²) < 4.78 is 5.50. The molecule has 2 unspecified atom stereocenters. The van der Waals surface area contributed by atoms with Crippen molar-refractivity contribution in [2.75, 3.05) is 6.61 Å². The molecule has 0 bridgehead atoms. The monoisotopic (exact) mass is 158 g/mol. The lowest BCUT2D eigenvalue weighted by molar-refractivity contribution is -0.151. The van der Waals surface area contributed by atoms with Gasteiger partial charge in [-0.2, -0.15) is 0 Å². The van der Waals surface area contributed by atoms with Crippen LogP contribution in [0.5, 0.6) is 0 Å². The smallest absolute Gasteiger partial charge is 0.0883 e. The van der Waals surface area contributed by atoms with Crippen molar-refractivity contribution in [1.82, 2.24) is 0 Å². The van der Waals surface area contributed by atoms with E-state index in [4.69, 9.17) is 4.74 Å². The summed E-state index contributed by atoms with van der Waals surface area (Å²) in [5.74, 6) is 0.408. The lowest BCUT2D eigenvalue weighted by Gasteiger charge is -2.39. The summed E-state index contributed by atoms with van der Waals surface area (Å²) in [6.45, 7) is 6.85. The highest BCUT2D eigenvalue weighted by Crippen LogP contribution is 2.29. The molecule has 0 aliphatic carbocycles. The molecule has 1 N–H and O–H groups in total. The van der Waals surface area contributed by atoms with Crippen LogP contribution in [0.25, 0.3) is 0 Å². The minimum atomic E-state index is -0.605. The minimum absolute atomic E-state index is 0.0243. The molecule has 0 radical (unpaired) electrons. The number of ether oxygens (including phenoxy) is 1. The topological polar surface area (TPSA) is 29.5 Å². The van der Waals surface area contributed by atoms with Crippen LogP contribution in [0.3, 0.4) is 0 Å². The molecule has 2 atom stereocenters. The average molecular weight is 158 g/mol. The largest absolute Gasteiger partial charge is 0.387 e. The van der Waals surface area contributed by atoms with E-state index < -0.39 is 5.60 Å². The van der Waals surface area contributed by atoms with Crippen LogP contribution in [0.1, 0.15) is 33.6 Å². The van der Waals surface area contributed by atoms with Crippen LogP contribution < -0.4 is 0 Å². The molecule has 66 valence electrons. The Morgan fingerprint density at radius 3 is 2.55 bits per heavy atom. The first-order valence-corrected chi connectivity index (χ1v) is 4.38. The molecule has 11 heavy (non-hydrogen) atoms. The maximum atomic E-state index is 9.88. The van der Waals surface area contributed by atoms with Gasteiger partial charge < -0.3 is 9.84 Å². The van der Waals surface area contributed by atoms with E-state index in [0.29, 0.717) is 5.92 Å².